The van der Waals surface area contributed by atoms with Gasteiger partial charge in [-0.3, -0.25) is 9.79 Å². The van der Waals surface area contributed by atoms with Crippen molar-refractivity contribution in [3.8, 4) is 16.6 Å². The highest BCUT2D eigenvalue weighted by Crippen LogP contribution is 2.39. The average Bonchev–Trinajstić information content (AvgIpc) is 3.45. The summed E-state index contributed by atoms with van der Waals surface area (Å²) in [6.07, 6.45) is -4.56. The van der Waals surface area contributed by atoms with Crippen LogP contribution in [0.15, 0.2) is 41.4 Å². The second kappa shape index (κ2) is 9.95. The number of aliphatic imine (C=N–C) groups is 1. The van der Waals surface area contributed by atoms with Crippen molar-refractivity contribution in [2.45, 2.75) is 37.5 Å². The van der Waals surface area contributed by atoms with Crippen LogP contribution in [-0.4, -0.2) is 52.0 Å². The zero-order chi connectivity index (χ0) is 29.0. The number of nitrogens with one attached hydrogen (secondary N) is 1. The number of halogens is 5. The van der Waals surface area contributed by atoms with E-state index in [9.17, 15) is 42.1 Å². The summed E-state index contributed by atoms with van der Waals surface area (Å²) >= 11 is 0.604. The van der Waals surface area contributed by atoms with Gasteiger partial charge in [0, 0.05) is 24.6 Å². The highest BCUT2D eigenvalue weighted by atomic mass is 32.1. The molecule has 0 unspecified atom stereocenters. The van der Waals surface area contributed by atoms with E-state index >= 15 is 0 Å². The van der Waals surface area contributed by atoms with Gasteiger partial charge in [0.15, 0.2) is 5.13 Å². The summed E-state index contributed by atoms with van der Waals surface area (Å²) in [7, 11) is -1.97. The van der Waals surface area contributed by atoms with Gasteiger partial charge >= 0.3 is 13.3 Å². The van der Waals surface area contributed by atoms with Gasteiger partial charge in [-0.2, -0.15) is 22.8 Å². The first-order valence-corrected chi connectivity index (χ1v) is 12.8. The first-order valence-electron chi connectivity index (χ1n) is 11.9. The van der Waals surface area contributed by atoms with Crippen LogP contribution in [0.3, 0.4) is 0 Å². The molecule has 1 spiro atoms. The molecule has 1 saturated heterocycles. The number of piperidine rings is 1. The Bertz CT molecular complexity index is 1590. The standard InChI is InChI=1S/C25H19BF5N5O3S/c1-12-10-24(6-7-36(12)17-9-13(26(38)39)8-16(27)15(17)11-32)23(37)34-22(35-24)14-2-4-19(25(29,30)31)33-21(14)18-3-5-20(28)40-18/h2-5,8-9,12,38-39H,6-7,10H2,1H3,(H,34,35,37)/t12-,24+/m0/s1. The molecule has 1 amide bonds. The fourth-order valence-corrected chi connectivity index (χ4v) is 5.81. The van der Waals surface area contributed by atoms with Crippen LogP contribution in [0.25, 0.3) is 10.6 Å². The Hall–Kier alpha value is -3.87. The Morgan fingerprint density at radius 1 is 1.23 bits per heavy atom. The maximum absolute atomic E-state index is 14.6. The largest absolute Gasteiger partial charge is 0.488 e. The number of alkyl halides is 3. The number of nitriles is 1. The first kappa shape index (κ1) is 27.7. The van der Waals surface area contributed by atoms with E-state index in [1.165, 1.54) is 12.1 Å². The van der Waals surface area contributed by atoms with Crippen LogP contribution in [0.2, 0.25) is 0 Å². The molecule has 40 heavy (non-hydrogen) atoms. The average molecular weight is 575 g/mol. The molecule has 0 radical (unpaired) electrons. The fraction of sp³-hybridized carbons (Fsp3) is 0.280. The number of pyridine rings is 1. The minimum atomic E-state index is -4.75. The molecule has 206 valence electrons. The van der Waals surface area contributed by atoms with Crippen LogP contribution < -0.4 is 15.7 Å². The number of hydrogen-bond donors (Lipinski definition) is 3. The zero-order valence-corrected chi connectivity index (χ0v) is 21.4. The topological polar surface area (TPSA) is 122 Å². The molecule has 5 rings (SSSR count). The number of amidine groups is 1. The van der Waals surface area contributed by atoms with Gasteiger partial charge in [-0.1, -0.05) is 0 Å². The monoisotopic (exact) mass is 575 g/mol. The van der Waals surface area contributed by atoms with E-state index in [-0.39, 0.29) is 58.1 Å². The van der Waals surface area contributed by atoms with Gasteiger partial charge < -0.3 is 20.3 Å². The molecular formula is C25H19BF5N5O3S. The predicted octanol–water partition coefficient (Wildman–Crippen LogP) is 2.96. The molecule has 0 saturated carbocycles. The lowest BCUT2D eigenvalue weighted by Crippen LogP contribution is -2.53. The first-order chi connectivity index (χ1) is 18.8. The minimum absolute atomic E-state index is 0.00941. The fourth-order valence-electron chi connectivity index (χ4n) is 5.07. The van der Waals surface area contributed by atoms with Crippen molar-refractivity contribution in [3.05, 3.63) is 64.2 Å². The summed E-state index contributed by atoms with van der Waals surface area (Å²) in [5, 5.41) is 30.6. The summed E-state index contributed by atoms with van der Waals surface area (Å²) in [4.78, 5) is 23.3. The number of amides is 1. The SMILES string of the molecule is C[C@H]1C[C@@]2(CCN1c1cc(B(O)O)cc(F)c1C#N)N=C(c1ccc(C(F)(F)F)nc1-c1ccc(F)s1)NC2=O. The third-order valence-corrected chi connectivity index (χ3v) is 7.85. The van der Waals surface area contributed by atoms with Crippen molar-refractivity contribution in [3.63, 3.8) is 0 Å². The number of carbonyl (C=O) groups excluding carboxylic acids is 1. The van der Waals surface area contributed by atoms with Gasteiger partial charge in [-0.05, 0) is 55.2 Å². The Balaban J connectivity index is 1.51. The number of hydrogen-bond acceptors (Lipinski definition) is 8. The molecule has 2 aromatic heterocycles. The summed E-state index contributed by atoms with van der Waals surface area (Å²) in [5.74, 6) is -1.44. The summed E-state index contributed by atoms with van der Waals surface area (Å²) in [6.45, 7) is 1.85. The van der Waals surface area contributed by atoms with E-state index < -0.39 is 47.4 Å². The zero-order valence-electron chi connectivity index (χ0n) is 20.6. The maximum atomic E-state index is 14.6. The molecule has 1 aromatic carbocycles. The van der Waals surface area contributed by atoms with Crippen LogP contribution in [0.5, 0.6) is 0 Å². The molecule has 3 aromatic rings. The van der Waals surface area contributed by atoms with Gasteiger partial charge in [0.2, 0.25) is 0 Å². The Kier molecular flexibility index (Phi) is 6.89. The van der Waals surface area contributed by atoms with Crippen molar-refractivity contribution in [1.82, 2.24) is 10.3 Å². The van der Waals surface area contributed by atoms with Crippen LogP contribution in [0, 0.1) is 22.3 Å². The lowest BCUT2D eigenvalue weighted by Gasteiger charge is -2.42. The number of anilines is 1. The van der Waals surface area contributed by atoms with E-state index in [0.29, 0.717) is 11.3 Å². The Labute approximate surface area is 228 Å². The second-order valence-corrected chi connectivity index (χ2v) is 10.6. The third-order valence-electron chi connectivity index (χ3n) is 6.97. The van der Waals surface area contributed by atoms with Crippen LogP contribution in [0.4, 0.5) is 27.6 Å². The molecule has 8 nitrogen and oxygen atoms in total. The van der Waals surface area contributed by atoms with Crippen molar-refractivity contribution >= 4 is 41.3 Å². The Morgan fingerprint density at radius 3 is 2.58 bits per heavy atom. The quantitative estimate of drug-likeness (QED) is 0.325. The molecule has 2 aliphatic heterocycles. The van der Waals surface area contributed by atoms with E-state index in [2.05, 4.69) is 15.3 Å². The van der Waals surface area contributed by atoms with Gasteiger partial charge in [0.05, 0.1) is 16.3 Å². The normalized spacial score (nSPS) is 20.9. The maximum Gasteiger partial charge on any atom is 0.488 e. The van der Waals surface area contributed by atoms with Crippen LogP contribution >= 0.6 is 11.3 Å². The highest BCUT2D eigenvalue weighted by molar-refractivity contribution is 7.13. The molecule has 0 aliphatic carbocycles. The lowest BCUT2D eigenvalue weighted by molar-refractivity contribution is -0.141. The van der Waals surface area contributed by atoms with E-state index in [1.54, 1.807) is 17.9 Å². The molecular weight excluding hydrogens is 556 g/mol. The number of carbonyl (C=O) groups is 1. The number of thiophene rings is 1. The van der Waals surface area contributed by atoms with Crippen LogP contribution in [0.1, 0.15) is 36.6 Å². The summed E-state index contributed by atoms with van der Waals surface area (Å²) < 4.78 is 68.6. The molecule has 3 N–H and O–H groups in total. The van der Waals surface area contributed by atoms with E-state index in [4.69, 9.17) is 0 Å². The molecule has 2 atom stereocenters. The molecule has 2 aliphatic rings. The number of rotatable bonds is 4. The number of benzene rings is 1. The smallest absolute Gasteiger partial charge is 0.423 e. The van der Waals surface area contributed by atoms with E-state index in [1.807, 2.05) is 0 Å². The highest BCUT2D eigenvalue weighted by Gasteiger charge is 2.49. The van der Waals surface area contributed by atoms with E-state index in [0.717, 1.165) is 24.3 Å². The van der Waals surface area contributed by atoms with Crippen molar-refractivity contribution in [2.24, 2.45) is 4.99 Å². The van der Waals surface area contributed by atoms with Crippen molar-refractivity contribution in [2.75, 3.05) is 11.4 Å². The molecule has 15 heteroatoms. The Morgan fingerprint density at radius 2 is 1.98 bits per heavy atom. The number of aromatic nitrogens is 1. The third kappa shape index (κ3) is 4.82. The summed E-state index contributed by atoms with van der Waals surface area (Å²) in [5.41, 5.74) is -2.90. The molecule has 0 bridgehead atoms. The van der Waals surface area contributed by atoms with Gasteiger partial charge in [-0.25, -0.2) is 9.37 Å². The van der Waals surface area contributed by atoms with Crippen LogP contribution in [-0.2, 0) is 11.0 Å². The van der Waals surface area contributed by atoms with Gasteiger partial charge in [0.1, 0.15) is 34.5 Å². The van der Waals surface area contributed by atoms with Crippen molar-refractivity contribution in [1.29, 1.82) is 5.26 Å². The minimum Gasteiger partial charge on any atom is -0.423 e. The molecule has 4 heterocycles. The number of nitrogens with zero attached hydrogens (tertiary/aromatic N) is 4. The lowest BCUT2D eigenvalue weighted by atomic mass is 9.78. The van der Waals surface area contributed by atoms with Crippen molar-refractivity contribution < 1.29 is 36.8 Å². The molecule has 1 fully saturated rings. The second-order valence-electron chi connectivity index (χ2n) is 9.52. The predicted molar refractivity (Wildman–Crippen MR) is 137 cm³/mol. The van der Waals surface area contributed by atoms with Gasteiger partial charge in [-0.15, -0.1) is 11.3 Å². The van der Waals surface area contributed by atoms with Gasteiger partial charge in [0.25, 0.3) is 5.91 Å². The summed E-state index contributed by atoms with van der Waals surface area (Å²) in [6, 6.07) is 7.74.